The van der Waals surface area contributed by atoms with Crippen LogP contribution >= 0.6 is 0 Å². The quantitative estimate of drug-likeness (QED) is 0.317. The zero-order valence-corrected chi connectivity index (χ0v) is 16.3. The van der Waals surface area contributed by atoms with Crippen molar-refractivity contribution in [2.45, 2.75) is 19.8 Å². The first-order valence-electron chi connectivity index (χ1n) is 9.60. The molecule has 1 heterocycles. The Morgan fingerprint density at radius 2 is 1.97 bits per heavy atom. The third-order valence-electron chi connectivity index (χ3n) is 4.15. The van der Waals surface area contributed by atoms with Crippen LogP contribution in [0.3, 0.4) is 0 Å². The van der Waals surface area contributed by atoms with Gasteiger partial charge in [0.2, 0.25) is 0 Å². The minimum Gasteiger partial charge on any atom is -0.494 e. The summed E-state index contributed by atoms with van der Waals surface area (Å²) in [5.41, 5.74) is 5.46. The molecule has 0 bridgehead atoms. The average Bonchev–Trinajstić information content (AvgIpc) is 3.25. The molecular weight excluding hydrogens is 364 g/mol. The van der Waals surface area contributed by atoms with Gasteiger partial charge in [0.1, 0.15) is 11.4 Å². The summed E-state index contributed by atoms with van der Waals surface area (Å²) in [5, 5.41) is 10.9. The van der Waals surface area contributed by atoms with Crippen LogP contribution in [-0.2, 0) is 0 Å². The predicted molar refractivity (Wildman–Crippen MR) is 116 cm³/mol. The number of H-pyrrole nitrogens is 1. The molecule has 1 amide bonds. The maximum absolute atomic E-state index is 12.2. The molecule has 0 spiro atoms. The molecule has 148 valence electrons. The highest BCUT2D eigenvalue weighted by atomic mass is 16.5. The number of carbonyl (C=O) groups is 1. The molecule has 0 unspecified atom stereocenters. The van der Waals surface area contributed by atoms with Crippen molar-refractivity contribution in [2.24, 2.45) is 5.10 Å². The first-order valence-corrected chi connectivity index (χ1v) is 9.60. The zero-order valence-electron chi connectivity index (χ0n) is 16.3. The Balaban J connectivity index is 1.53. The van der Waals surface area contributed by atoms with Crippen LogP contribution in [0.4, 0.5) is 0 Å². The standard InChI is InChI=1S/C23H24N4O2/c1-2-3-16-29-20-13-11-19(12-14-20)21-17-22(26-25-21)23(28)27-24-15-7-10-18-8-5-4-6-9-18/h4-15,17H,2-3,16H2,1H3,(H,25,26)(H,27,28)/b10-7+,24-15+. The van der Waals surface area contributed by atoms with E-state index in [2.05, 4.69) is 27.6 Å². The molecule has 0 saturated heterocycles. The van der Waals surface area contributed by atoms with E-state index in [1.165, 1.54) is 6.21 Å². The fourth-order valence-corrected chi connectivity index (χ4v) is 2.56. The second-order valence-corrected chi connectivity index (χ2v) is 6.38. The molecule has 0 aliphatic rings. The zero-order chi connectivity index (χ0) is 20.3. The molecule has 1 aromatic heterocycles. The van der Waals surface area contributed by atoms with Crippen molar-refractivity contribution >= 4 is 18.2 Å². The van der Waals surface area contributed by atoms with Gasteiger partial charge in [0.15, 0.2) is 0 Å². The normalized spacial score (nSPS) is 11.2. The van der Waals surface area contributed by atoms with Crippen LogP contribution in [-0.4, -0.2) is 28.9 Å². The molecule has 6 heteroatoms. The van der Waals surface area contributed by atoms with Gasteiger partial charge in [-0.05, 0) is 48.4 Å². The Hall–Kier alpha value is -3.67. The first kappa shape index (κ1) is 20.1. The maximum atomic E-state index is 12.2. The van der Waals surface area contributed by atoms with Gasteiger partial charge in [-0.1, -0.05) is 49.8 Å². The van der Waals surface area contributed by atoms with E-state index in [0.717, 1.165) is 29.7 Å². The molecule has 3 rings (SSSR count). The molecule has 0 aliphatic heterocycles. The van der Waals surface area contributed by atoms with Crippen LogP contribution in [0.5, 0.6) is 5.75 Å². The van der Waals surface area contributed by atoms with Crippen molar-refractivity contribution in [1.82, 2.24) is 15.6 Å². The number of allylic oxidation sites excluding steroid dienone is 1. The molecule has 0 saturated carbocycles. The average molecular weight is 388 g/mol. The molecule has 0 aliphatic carbocycles. The lowest BCUT2D eigenvalue weighted by Crippen LogP contribution is -2.17. The molecule has 0 radical (unpaired) electrons. The smallest absolute Gasteiger partial charge is 0.289 e. The number of amides is 1. The molecule has 3 aromatic rings. The lowest BCUT2D eigenvalue weighted by atomic mass is 10.1. The highest BCUT2D eigenvalue weighted by molar-refractivity contribution is 5.94. The number of aromatic nitrogens is 2. The number of benzene rings is 2. The van der Waals surface area contributed by atoms with Crippen molar-refractivity contribution in [1.29, 1.82) is 0 Å². The van der Waals surface area contributed by atoms with E-state index >= 15 is 0 Å². The summed E-state index contributed by atoms with van der Waals surface area (Å²) >= 11 is 0. The summed E-state index contributed by atoms with van der Waals surface area (Å²) in [6.45, 7) is 2.84. The molecule has 6 nitrogen and oxygen atoms in total. The number of nitrogens with one attached hydrogen (secondary N) is 2. The topological polar surface area (TPSA) is 79.4 Å². The number of hydrogen-bond acceptors (Lipinski definition) is 4. The highest BCUT2D eigenvalue weighted by Gasteiger charge is 2.10. The van der Waals surface area contributed by atoms with Gasteiger partial charge in [0.05, 0.1) is 12.3 Å². The van der Waals surface area contributed by atoms with E-state index in [0.29, 0.717) is 18.0 Å². The third-order valence-corrected chi connectivity index (χ3v) is 4.15. The summed E-state index contributed by atoms with van der Waals surface area (Å²) in [7, 11) is 0. The minimum atomic E-state index is -0.354. The number of carbonyl (C=O) groups excluding carboxylic acids is 1. The number of unbranched alkanes of at least 4 members (excludes halogenated alkanes) is 1. The molecule has 0 atom stereocenters. The van der Waals surface area contributed by atoms with E-state index in [1.807, 2.05) is 60.7 Å². The van der Waals surface area contributed by atoms with Gasteiger partial charge in [-0.3, -0.25) is 9.89 Å². The van der Waals surface area contributed by atoms with Crippen molar-refractivity contribution in [3.8, 4) is 17.0 Å². The Morgan fingerprint density at radius 3 is 2.72 bits per heavy atom. The monoisotopic (exact) mass is 388 g/mol. The second-order valence-electron chi connectivity index (χ2n) is 6.38. The van der Waals surface area contributed by atoms with E-state index in [-0.39, 0.29) is 5.91 Å². The van der Waals surface area contributed by atoms with E-state index < -0.39 is 0 Å². The molecule has 2 aromatic carbocycles. The Kier molecular flexibility index (Phi) is 7.34. The summed E-state index contributed by atoms with van der Waals surface area (Å²) in [4.78, 5) is 12.2. The SMILES string of the molecule is CCCCOc1ccc(-c2cc(C(=O)N/N=C/C=C/c3ccccc3)[nH]n2)cc1. The fourth-order valence-electron chi connectivity index (χ4n) is 2.56. The Morgan fingerprint density at radius 1 is 1.17 bits per heavy atom. The Labute approximate surface area is 170 Å². The molecule has 2 N–H and O–H groups in total. The van der Waals surface area contributed by atoms with Gasteiger partial charge in [-0.15, -0.1) is 0 Å². The van der Waals surface area contributed by atoms with Gasteiger partial charge in [0.25, 0.3) is 5.91 Å². The number of aromatic amines is 1. The van der Waals surface area contributed by atoms with Crippen molar-refractivity contribution in [3.05, 3.63) is 78.0 Å². The second kappa shape index (κ2) is 10.6. The first-order chi connectivity index (χ1) is 14.3. The number of hydrogen-bond donors (Lipinski definition) is 2. The van der Waals surface area contributed by atoms with E-state index in [1.54, 1.807) is 12.1 Å². The maximum Gasteiger partial charge on any atom is 0.289 e. The fraction of sp³-hybridized carbons (Fsp3) is 0.174. The van der Waals surface area contributed by atoms with Crippen molar-refractivity contribution in [3.63, 3.8) is 0 Å². The summed E-state index contributed by atoms with van der Waals surface area (Å²) in [6, 6.07) is 19.2. The number of rotatable bonds is 9. The van der Waals surface area contributed by atoms with Crippen LogP contribution in [0, 0.1) is 0 Å². The third kappa shape index (κ3) is 6.17. The van der Waals surface area contributed by atoms with Crippen LogP contribution in [0.15, 0.2) is 71.8 Å². The van der Waals surface area contributed by atoms with Gasteiger partial charge < -0.3 is 4.74 Å². The largest absolute Gasteiger partial charge is 0.494 e. The van der Waals surface area contributed by atoms with Crippen LogP contribution < -0.4 is 10.2 Å². The van der Waals surface area contributed by atoms with Crippen molar-refractivity contribution < 1.29 is 9.53 Å². The van der Waals surface area contributed by atoms with Gasteiger partial charge in [-0.25, -0.2) is 5.43 Å². The van der Waals surface area contributed by atoms with Gasteiger partial charge >= 0.3 is 0 Å². The predicted octanol–water partition coefficient (Wildman–Crippen LogP) is 4.68. The number of nitrogens with zero attached hydrogens (tertiary/aromatic N) is 2. The number of ether oxygens (including phenoxy) is 1. The lowest BCUT2D eigenvalue weighted by Gasteiger charge is -2.05. The summed E-state index contributed by atoms with van der Waals surface area (Å²) in [6.07, 6.45) is 7.32. The highest BCUT2D eigenvalue weighted by Crippen LogP contribution is 2.21. The molecular formula is C23H24N4O2. The van der Waals surface area contributed by atoms with Crippen LogP contribution in [0.25, 0.3) is 17.3 Å². The summed E-state index contributed by atoms with van der Waals surface area (Å²) < 4.78 is 5.66. The van der Waals surface area contributed by atoms with Gasteiger partial charge in [-0.2, -0.15) is 10.2 Å². The number of hydrazone groups is 1. The lowest BCUT2D eigenvalue weighted by molar-refractivity contribution is 0.0950. The van der Waals surface area contributed by atoms with Crippen molar-refractivity contribution in [2.75, 3.05) is 6.61 Å². The molecule has 29 heavy (non-hydrogen) atoms. The van der Waals surface area contributed by atoms with E-state index in [4.69, 9.17) is 4.74 Å². The minimum absolute atomic E-state index is 0.340. The van der Waals surface area contributed by atoms with Crippen LogP contribution in [0.2, 0.25) is 0 Å². The van der Waals surface area contributed by atoms with E-state index in [9.17, 15) is 4.79 Å². The van der Waals surface area contributed by atoms with Gasteiger partial charge in [0, 0.05) is 11.8 Å². The Bertz CT molecular complexity index is 960. The van der Waals surface area contributed by atoms with Crippen LogP contribution in [0.1, 0.15) is 35.8 Å². The molecule has 0 fully saturated rings. The summed E-state index contributed by atoms with van der Waals surface area (Å²) in [5.74, 6) is 0.473.